The summed E-state index contributed by atoms with van der Waals surface area (Å²) in [6.45, 7) is 9.75. The van der Waals surface area contributed by atoms with E-state index in [1.807, 2.05) is 13.8 Å². The van der Waals surface area contributed by atoms with Gasteiger partial charge < -0.3 is 19.7 Å². The fourth-order valence-corrected chi connectivity index (χ4v) is 6.47. The number of esters is 1. The third-order valence-corrected chi connectivity index (χ3v) is 8.42. The molecule has 1 saturated heterocycles. The van der Waals surface area contributed by atoms with Crippen molar-refractivity contribution >= 4 is 11.8 Å². The van der Waals surface area contributed by atoms with Gasteiger partial charge in [-0.3, -0.25) is 9.59 Å². The first-order chi connectivity index (χ1) is 13.0. The zero-order valence-electron chi connectivity index (χ0n) is 17.4. The predicted molar refractivity (Wildman–Crippen MR) is 101 cm³/mol. The number of hydrogen-bond acceptors (Lipinski definition) is 6. The van der Waals surface area contributed by atoms with Crippen LogP contribution < -0.4 is 0 Å². The molecule has 8 atom stereocenters. The monoisotopic (exact) mass is 392 g/mol. The molecule has 4 rings (SSSR count). The molecule has 3 fully saturated rings. The summed E-state index contributed by atoms with van der Waals surface area (Å²) in [5, 5.41) is 21.8. The normalized spacial score (nSPS) is 47.2. The van der Waals surface area contributed by atoms with Crippen LogP contribution in [-0.4, -0.2) is 53.0 Å². The second kappa shape index (κ2) is 6.38. The number of fused-ring (bicyclic) bond motifs is 5. The standard InChI is InChI=1S/C22H32O6/c1-10-15(24)7-12-6-14-13-9-27-16(13)8-17(25)22(14,5)20(26)19(28-11(2)23)18(10)21(12,3)4/h12-17,19,24-25H,6-9H2,1-5H3/t12-,13+,14?,15+,16-,17+,19-,22?/m1/s1. The molecule has 0 aromatic heterocycles. The molecule has 2 unspecified atom stereocenters. The maximum Gasteiger partial charge on any atom is 0.303 e. The average molecular weight is 392 g/mol. The van der Waals surface area contributed by atoms with Gasteiger partial charge in [-0.15, -0.1) is 0 Å². The van der Waals surface area contributed by atoms with Crippen LogP contribution in [-0.2, 0) is 19.1 Å². The summed E-state index contributed by atoms with van der Waals surface area (Å²) in [7, 11) is 0. The van der Waals surface area contributed by atoms with Gasteiger partial charge in [0.05, 0.1) is 30.3 Å². The molecule has 6 nitrogen and oxygen atoms in total. The van der Waals surface area contributed by atoms with E-state index in [1.54, 1.807) is 0 Å². The van der Waals surface area contributed by atoms with Crippen molar-refractivity contribution in [3.05, 3.63) is 11.1 Å². The van der Waals surface area contributed by atoms with Gasteiger partial charge in [0.2, 0.25) is 0 Å². The zero-order chi connectivity index (χ0) is 20.6. The highest BCUT2D eigenvalue weighted by atomic mass is 16.5. The van der Waals surface area contributed by atoms with E-state index >= 15 is 0 Å². The molecule has 2 N–H and O–H groups in total. The summed E-state index contributed by atoms with van der Waals surface area (Å²) in [6, 6.07) is 0. The number of aliphatic hydroxyl groups excluding tert-OH is 2. The van der Waals surface area contributed by atoms with E-state index in [4.69, 9.17) is 9.47 Å². The Labute approximate surface area is 166 Å². The second-order valence-corrected chi connectivity index (χ2v) is 10.0. The van der Waals surface area contributed by atoms with Crippen LogP contribution >= 0.6 is 0 Å². The lowest BCUT2D eigenvalue weighted by Crippen LogP contribution is -2.66. The molecule has 0 aromatic carbocycles. The van der Waals surface area contributed by atoms with Crippen LogP contribution in [0.15, 0.2) is 11.1 Å². The first kappa shape index (κ1) is 20.0. The fourth-order valence-electron chi connectivity index (χ4n) is 6.47. The predicted octanol–water partition coefficient (Wildman–Crippen LogP) is 2.02. The molecule has 28 heavy (non-hydrogen) atoms. The lowest BCUT2D eigenvalue weighted by Gasteiger charge is -2.60. The van der Waals surface area contributed by atoms with Crippen LogP contribution in [0, 0.1) is 28.6 Å². The van der Waals surface area contributed by atoms with E-state index in [9.17, 15) is 19.8 Å². The van der Waals surface area contributed by atoms with Gasteiger partial charge in [0.15, 0.2) is 11.9 Å². The first-order valence-electron chi connectivity index (χ1n) is 10.4. The van der Waals surface area contributed by atoms with Gasteiger partial charge in [0.1, 0.15) is 0 Å². The second-order valence-electron chi connectivity index (χ2n) is 10.0. The van der Waals surface area contributed by atoms with Crippen molar-refractivity contribution < 1.29 is 29.3 Å². The highest BCUT2D eigenvalue weighted by Crippen LogP contribution is 2.60. The number of hydrogen-bond donors (Lipinski definition) is 2. The molecule has 1 aliphatic heterocycles. The Morgan fingerprint density at radius 3 is 2.43 bits per heavy atom. The summed E-state index contributed by atoms with van der Waals surface area (Å²) in [5.41, 5.74) is 0.0599. The van der Waals surface area contributed by atoms with Crippen LogP contribution in [0.4, 0.5) is 0 Å². The molecule has 2 saturated carbocycles. The van der Waals surface area contributed by atoms with Crippen molar-refractivity contribution in [2.45, 2.75) is 78.3 Å². The lowest BCUT2D eigenvalue weighted by molar-refractivity contribution is -0.231. The van der Waals surface area contributed by atoms with Crippen molar-refractivity contribution in [2.75, 3.05) is 6.61 Å². The maximum atomic E-state index is 13.9. The van der Waals surface area contributed by atoms with E-state index in [2.05, 4.69) is 13.8 Å². The van der Waals surface area contributed by atoms with Crippen LogP contribution in [0.25, 0.3) is 0 Å². The Kier molecular flexibility index (Phi) is 4.57. The Balaban J connectivity index is 1.90. The Morgan fingerprint density at radius 1 is 1.18 bits per heavy atom. The van der Waals surface area contributed by atoms with Crippen molar-refractivity contribution in [3.63, 3.8) is 0 Å². The molecule has 6 heteroatoms. The van der Waals surface area contributed by atoms with E-state index in [1.165, 1.54) is 6.92 Å². The van der Waals surface area contributed by atoms with Crippen molar-refractivity contribution in [1.29, 1.82) is 0 Å². The largest absolute Gasteiger partial charge is 0.450 e. The van der Waals surface area contributed by atoms with Gasteiger partial charge in [0, 0.05) is 19.3 Å². The minimum Gasteiger partial charge on any atom is -0.450 e. The third-order valence-electron chi connectivity index (χ3n) is 8.42. The molecular formula is C22H32O6. The van der Waals surface area contributed by atoms with Gasteiger partial charge in [-0.1, -0.05) is 13.8 Å². The van der Waals surface area contributed by atoms with Crippen molar-refractivity contribution in [2.24, 2.45) is 28.6 Å². The number of ether oxygens (including phenoxy) is 2. The van der Waals surface area contributed by atoms with E-state index in [0.717, 1.165) is 17.6 Å². The summed E-state index contributed by atoms with van der Waals surface area (Å²) < 4.78 is 11.3. The van der Waals surface area contributed by atoms with Crippen LogP contribution in [0.3, 0.4) is 0 Å². The molecular weight excluding hydrogens is 360 g/mol. The van der Waals surface area contributed by atoms with Gasteiger partial charge in [-0.05, 0) is 55.1 Å². The van der Waals surface area contributed by atoms with E-state index < -0.39 is 29.7 Å². The molecule has 1 heterocycles. The Morgan fingerprint density at radius 2 is 1.86 bits per heavy atom. The van der Waals surface area contributed by atoms with Gasteiger partial charge in [-0.25, -0.2) is 0 Å². The Hall–Kier alpha value is -1.24. The number of Topliss-reactive ketones (excluding diaryl/α,β-unsaturated/α-hetero) is 1. The molecule has 0 radical (unpaired) electrons. The molecule has 156 valence electrons. The summed E-state index contributed by atoms with van der Waals surface area (Å²) in [4.78, 5) is 25.9. The summed E-state index contributed by atoms with van der Waals surface area (Å²) in [6.07, 6.45) is -0.763. The Bertz CT molecular complexity index is 739. The van der Waals surface area contributed by atoms with Crippen LogP contribution in [0.2, 0.25) is 0 Å². The molecule has 4 aliphatic rings. The quantitative estimate of drug-likeness (QED) is 0.524. The first-order valence-corrected chi connectivity index (χ1v) is 10.4. The molecule has 0 spiro atoms. The smallest absolute Gasteiger partial charge is 0.303 e. The zero-order valence-corrected chi connectivity index (χ0v) is 17.4. The number of carbonyl (C=O) groups excluding carboxylic acids is 2. The van der Waals surface area contributed by atoms with E-state index in [0.29, 0.717) is 19.4 Å². The summed E-state index contributed by atoms with van der Waals surface area (Å²) >= 11 is 0. The highest BCUT2D eigenvalue weighted by molar-refractivity contribution is 5.94. The number of rotatable bonds is 1. The van der Waals surface area contributed by atoms with Crippen LogP contribution in [0.1, 0.15) is 53.9 Å². The van der Waals surface area contributed by atoms with Crippen LogP contribution in [0.5, 0.6) is 0 Å². The van der Waals surface area contributed by atoms with Crippen molar-refractivity contribution in [1.82, 2.24) is 0 Å². The van der Waals surface area contributed by atoms with E-state index in [-0.39, 0.29) is 35.1 Å². The number of carbonyl (C=O) groups is 2. The molecule has 0 aromatic rings. The SMILES string of the molecule is CC(=O)O[C@H]1C(=O)C2(C)C(C[C@@H]3C[C@H](O)C(C)=C1C3(C)C)[C@@H]1CO[C@@H]1C[C@@H]2O. The fraction of sp³-hybridized carbons (Fsp3) is 0.818. The topological polar surface area (TPSA) is 93.1 Å². The third kappa shape index (κ3) is 2.57. The number of aliphatic hydroxyl groups is 2. The molecule has 3 aliphatic carbocycles. The van der Waals surface area contributed by atoms with Gasteiger partial charge in [-0.2, -0.15) is 0 Å². The lowest BCUT2D eigenvalue weighted by atomic mass is 9.48. The minimum absolute atomic E-state index is 0.0131. The molecule has 2 bridgehead atoms. The van der Waals surface area contributed by atoms with Gasteiger partial charge in [0.25, 0.3) is 0 Å². The maximum absolute atomic E-state index is 13.9. The highest BCUT2D eigenvalue weighted by Gasteiger charge is 2.64. The number of ketones is 1. The minimum atomic E-state index is -1.06. The molecule has 0 amide bonds. The summed E-state index contributed by atoms with van der Waals surface area (Å²) in [5.74, 6) is -0.473. The average Bonchev–Trinajstić information content (AvgIpc) is 2.58. The van der Waals surface area contributed by atoms with Crippen molar-refractivity contribution in [3.8, 4) is 0 Å². The van der Waals surface area contributed by atoms with Gasteiger partial charge >= 0.3 is 5.97 Å².